The number of halogens is 1. The summed E-state index contributed by atoms with van der Waals surface area (Å²) in [7, 11) is 0. The van der Waals surface area contributed by atoms with E-state index in [0.29, 0.717) is 18.2 Å². The van der Waals surface area contributed by atoms with Gasteiger partial charge in [0, 0.05) is 24.3 Å². The maximum Gasteiger partial charge on any atom is 0.346 e. The number of hydrogen-bond donors (Lipinski definition) is 2. The molecule has 0 saturated carbocycles. The molecule has 11 heavy (non-hydrogen) atoms. The molecule has 58 valence electrons. The van der Waals surface area contributed by atoms with Gasteiger partial charge in [0.05, 0.1) is 0 Å². The predicted octanol–water partition coefficient (Wildman–Crippen LogP) is 0.0265. The van der Waals surface area contributed by atoms with E-state index in [9.17, 15) is 4.79 Å². The summed E-state index contributed by atoms with van der Waals surface area (Å²) >= 11 is 5.70. The molecule has 5 heteroatoms. The second-order valence-corrected chi connectivity index (χ2v) is 2.75. The summed E-state index contributed by atoms with van der Waals surface area (Å²) in [6, 6.07) is 0. The average Bonchev–Trinajstić information content (AvgIpc) is 2.34. The highest BCUT2D eigenvalue weighted by Gasteiger charge is 2.15. The van der Waals surface area contributed by atoms with Gasteiger partial charge in [-0.05, 0) is 0 Å². The number of hydrogen-bond acceptors (Lipinski definition) is 3. The third-order valence-corrected chi connectivity index (χ3v) is 1.99. The van der Waals surface area contributed by atoms with Gasteiger partial charge in [-0.2, -0.15) is 4.98 Å². The molecule has 0 radical (unpaired) electrons. The Hall–Kier alpha value is -0.870. The number of fused-ring (bicyclic) bond motifs is 1. The monoisotopic (exact) mass is 171 g/mol. The fraction of sp³-hybridized carbons (Fsp3) is 0.333. The highest BCUT2D eigenvalue weighted by atomic mass is 35.5. The van der Waals surface area contributed by atoms with Gasteiger partial charge in [-0.1, -0.05) is 11.6 Å². The molecule has 0 saturated heterocycles. The molecule has 0 amide bonds. The van der Waals surface area contributed by atoms with Crippen LogP contribution in [-0.4, -0.2) is 9.97 Å². The number of rotatable bonds is 0. The Morgan fingerprint density at radius 1 is 1.45 bits per heavy atom. The van der Waals surface area contributed by atoms with Gasteiger partial charge >= 0.3 is 5.69 Å². The Labute approximate surface area is 67.6 Å². The molecule has 0 fully saturated rings. The van der Waals surface area contributed by atoms with Gasteiger partial charge in [-0.25, -0.2) is 4.79 Å². The first kappa shape index (κ1) is 6.82. The number of H-pyrrole nitrogens is 1. The van der Waals surface area contributed by atoms with Crippen LogP contribution < -0.4 is 11.0 Å². The van der Waals surface area contributed by atoms with E-state index in [0.717, 1.165) is 11.3 Å². The van der Waals surface area contributed by atoms with Gasteiger partial charge in [-0.15, -0.1) is 0 Å². The SMILES string of the molecule is O=c1nc(Cl)c2c([nH]1)CNC2. The van der Waals surface area contributed by atoms with Crippen molar-refractivity contribution in [2.45, 2.75) is 13.1 Å². The van der Waals surface area contributed by atoms with Gasteiger partial charge < -0.3 is 10.3 Å². The summed E-state index contributed by atoms with van der Waals surface area (Å²) in [4.78, 5) is 16.9. The number of nitrogens with one attached hydrogen (secondary N) is 2. The van der Waals surface area contributed by atoms with E-state index >= 15 is 0 Å². The van der Waals surface area contributed by atoms with Crippen LogP contribution in [0.1, 0.15) is 11.3 Å². The van der Waals surface area contributed by atoms with Gasteiger partial charge in [0.15, 0.2) is 0 Å². The molecule has 2 rings (SSSR count). The molecule has 0 aliphatic carbocycles. The molecule has 0 unspecified atom stereocenters. The average molecular weight is 172 g/mol. The second-order valence-electron chi connectivity index (χ2n) is 2.39. The van der Waals surface area contributed by atoms with Crippen molar-refractivity contribution in [1.82, 2.24) is 15.3 Å². The van der Waals surface area contributed by atoms with Crippen LogP contribution in [0.25, 0.3) is 0 Å². The van der Waals surface area contributed by atoms with Gasteiger partial charge in [0.25, 0.3) is 0 Å². The van der Waals surface area contributed by atoms with Crippen molar-refractivity contribution in [1.29, 1.82) is 0 Å². The van der Waals surface area contributed by atoms with Crippen molar-refractivity contribution >= 4 is 11.6 Å². The molecule has 0 atom stereocenters. The summed E-state index contributed by atoms with van der Waals surface area (Å²) in [5.41, 5.74) is 1.39. The molecule has 2 N–H and O–H groups in total. The Kier molecular flexibility index (Phi) is 1.44. The number of nitrogens with zero attached hydrogens (tertiary/aromatic N) is 1. The van der Waals surface area contributed by atoms with E-state index < -0.39 is 0 Å². The largest absolute Gasteiger partial charge is 0.346 e. The quantitative estimate of drug-likeness (QED) is 0.542. The topological polar surface area (TPSA) is 57.8 Å². The van der Waals surface area contributed by atoms with Gasteiger partial charge in [0.2, 0.25) is 0 Å². The van der Waals surface area contributed by atoms with Crippen LogP contribution in [0, 0.1) is 0 Å². The third kappa shape index (κ3) is 1.04. The molecule has 1 aliphatic rings. The zero-order chi connectivity index (χ0) is 7.84. The molecule has 4 nitrogen and oxygen atoms in total. The smallest absolute Gasteiger partial charge is 0.308 e. The van der Waals surface area contributed by atoms with Crippen LogP contribution in [0.5, 0.6) is 0 Å². The van der Waals surface area contributed by atoms with Crippen LogP contribution in [-0.2, 0) is 13.1 Å². The second kappa shape index (κ2) is 2.32. The van der Waals surface area contributed by atoms with E-state index in [-0.39, 0.29) is 5.69 Å². The molecular formula is C6H6ClN3O. The summed E-state index contributed by atoms with van der Waals surface area (Å²) < 4.78 is 0. The van der Waals surface area contributed by atoms with Crippen molar-refractivity contribution < 1.29 is 0 Å². The minimum Gasteiger partial charge on any atom is -0.308 e. The Bertz CT molecular complexity index is 346. The molecule has 1 aliphatic heterocycles. The van der Waals surface area contributed by atoms with Crippen LogP contribution >= 0.6 is 11.6 Å². The van der Waals surface area contributed by atoms with E-state index in [4.69, 9.17) is 11.6 Å². The van der Waals surface area contributed by atoms with Gasteiger partial charge in [0.1, 0.15) is 5.15 Å². The maximum absolute atomic E-state index is 10.8. The lowest BCUT2D eigenvalue weighted by molar-refractivity contribution is 0.757. The molecule has 0 spiro atoms. The molecule has 1 aromatic heterocycles. The van der Waals surface area contributed by atoms with Crippen LogP contribution in [0.15, 0.2) is 4.79 Å². The lowest BCUT2D eigenvalue weighted by atomic mass is 10.3. The zero-order valence-electron chi connectivity index (χ0n) is 5.65. The first-order valence-electron chi connectivity index (χ1n) is 3.25. The van der Waals surface area contributed by atoms with Crippen molar-refractivity contribution in [3.8, 4) is 0 Å². The lowest BCUT2D eigenvalue weighted by Crippen LogP contribution is -2.13. The molecule has 0 aromatic carbocycles. The van der Waals surface area contributed by atoms with E-state index in [1.807, 2.05) is 0 Å². The summed E-state index contributed by atoms with van der Waals surface area (Å²) in [5, 5.41) is 3.37. The Morgan fingerprint density at radius 3 is 3.09 bits per heavy atom. The van der Waals surface area contributed by atoms with Crippen LogP contribution in [0.3, 0.4) is 0 Å². The number of aromatic amines is 1. The first-order valence-corrected chi connectivity index (χ1v) is 3.63. The van der Waals surface area contributed by atoms with E-state index in [1.54, 1.807) is 0 Å². The van der Waals surface area contributed by atoms with E-state index in [2.05, 4.69) is 15.3 Å². The molecule has 0 bridgehead atoms. The highest BCUT2D eigenvalue weighted by Crippen LogP contribution is 2.17. The van der Waals surface area contributed by atoms with Gasteiger partial charge in [-0.3, -0.25) is 0 Å². The van der Waals surface area contributed by atoms with E-state index in [1.165, 1.54) is 0 Å². The fourth-order valence-corrected chi connectivity index (χ4v) is 1.41. The van der Waals surface area contributed by atoms with Crippen molar-refractivity contribution in [2.24, 2.45) is 0 Å². The fourth-order valence-electron chi connectivity index (χ4n) is 1.16. The van der Waals surface area contributed by atoms with Crippen LogP contribution in [0.2, 0.25) is 5.15 Å². The maximum atomic E-state index is 10.8. The highest BCUT2D eigenvalue weighted by molar-refractivity contribution is 6.30. The number of aromatic nitrogens is 2. The minimum atomic E-state index is -0.377. The summed E-state index contributed by atoms with van der Waals surface area (Å²) in [6.45, 7) is 1.37. The zero-order valence-corrected chi connectivity index (χ0v) is 6.40. The summed E-state index contributed by atoms with van der Waals surface area (Å²) in [5.74, 6) is 0. The van der Waals surface area contributed by atoms with Crippen molar-refractivity contribution in [3.63, 3.8) is 0 Å². The standard InChI is InChI=1S/C6H6ClN3O/c7-5-3-1-8-2-4(3)9-6(11)10-5/h8H,1-2H2,(H,9,10,11). The minimum absolute atomic E-state index is 0.314. The predicted molar refractivity (Wildman–Crippen MR) is 40.4 cm³/mol. The van der Waals surface area contributed by atoms with Crippen molar-refractivity contribution in [3.05, 3.63) is 26.9 Å². The Balaban J connectivity index is 2.70. The Morgan fingerprint density at radius 2 is 2.27 bits per heavy atom. The molecule has 2 heterocycles. The van der Waals surface area contributed by atoms with Crippen molar-refractivity contribution in [2.75, 3.05) is 0 Å². The third-order valence-electron chi connectivity index (χ3n) is 1.67. The lowest BCUT2D eigenvalue weighted by Gasteiger charge is -1.96. The molecular weight excluding hydrogens is 166 g/mol. The summed E-state index contributed by atoms with van der Waals surface area (Å²) in [6.07, 6.45) is 0. The molecule has 1 aromatic rings. The van der Waals surface area contributed by atoms with Crippen LogP contribution in [0.4, 0.5) is 0 Å². The first-order chi connectivity index (χ1) is 5.27. The normalized spacial score (nSPS) is 15.0.